The first-order chi connectivity index (χ1) is 10.6. The Morgan fingerprint density at radius 3 is 2.45 bits per heavy atom. The van der Waals surface area contributed by atoms with Crippen molar-refractivity contribution in [3.8, 4) is 0 Å². The molecule has 1 unspecified atom stereocenters. The Bertz CT molecular complexity index is 442. The Kier molecular flexibility index (Phi) is 8.13. The molecule has 22 heavy (non-hydrogen) atoms. The molecular weight excluding hydrogens is 274 g/mol. The van der Waals surface area contributed by atoms with Crippen LogP contribution in [0.15, 0.2) is 25.3 Å². The van der Waals surface area contributed by atoms with Crippen LogP contribution in [0.1, 0.15) is 37.6 Å². The van der Waals surface area contributed by atoms with Crippen LogP contribution in [0.5, 0.6) is 0 Å². The summed E-state index contributed by atoms with van der Waals surface area (Å²) >= 11 is 0. The van der Waals surface area contributed by atoms with Gasteiger partial charge in [-0.1, -0.05) is 13.8 Å². The van der Waals surface area contributed by atoms with Gasteiger partial charge in [0.1, 0.15) is 0 Å². The molecule has 0 aromatic carbocycles. The van der Waals surface area contributed by atoms with E-state index in [1.165, 1.54) is 17.1 Å². The highest BCUT2D eigenvalue weighted by Gasteiger charge is 2.17. The van der Waals surface area contributed by atoms with Gasteiger partial charge in [0.25, 0.3) is 0 Å². The lowest BCUT2D eigenvalue weighted by Gasteiger charge is -2.31. The van der Waals surface area contributed by atoms with Crippen LogP contribution in [-0.2, 0) is 11.3 Å². The van der Waals surface area contributed by atoms with Gasteiger partial charge in [-0.2, -0.15) is 0 Å². The predicted molar refractivity (Wildman–Crippen MR) is 94.6 cm³/mol. The molecule has 4 nitrogen and oxygen atoms in total. The van der Waals surface area contributed by atoms with E-state index in [9.17, 15) is 0 Å². The second-order valence-corrected chi connectivity index (χ2v) is 5.85. The number of morpholine rings is 1. The van der Waals surface area contributed by atoms with Crippen LogP contribution in [0, 0.1) is 0 Å². The Morgan fingerprint density at radius 2 is 1.91 bits per heavy atom. The molecule has 0 N–H and O–H groups in total. The molecule has 1 fully saturated rings. The number of aromatic nitrogens is 1. The van der Waals surface area contributed by atoms with Crippen molar-refractivity contribution in [2.24, 2.45) is 0 Å². The van der Waals surface area contributed by atoms with Crippen LogP contribution in [0.4, 0.5) is 5.69 Å². The lowest BCUT2D eigenvalue weighted by atomic mass is 10.0. The van der Waals surface area contributed by atoms with Gasteiger partial charge in [-0.05, 0) is 38.6 Å². The van der Waals surface area contributed by atoms with Crippen LogP contribution >= 0.6 is 0 Å². The lowest BCUT2D eigenvalue weighted by Crippen LogP contribution is -2.37. The molecule has 1 saturated heterocycles. The Morgan fingerprint density at radius 1 is 1.27 bits per heavy atom. The summed E-state index contributed by atoms with van der Waals surface area (Å²) in [6.07, 6.45) is 1.13. The number of rotatable bonds is 5. The van der Waals surface area contributed by atoms with Gasteiger partial charge >= 0.3 is 0 Å². The molecule has 2 rings (SSSR count). The monoisotopic (exact) mass is 305 g/mol. The number of ether oxygens (including phenoxy) is 1. The molecule has 0 spiro atoms. The second kappa shape index (κ2) is 9.59. The fourth-order valence-corrected chi connectivity index (χ4v) is 2.50. The highest BCUT2D eigenvalue weighted by molar-refractivity contribution is 5.51. The number of nitrogens with zero attached hydrogens (tertiary/aromatic N) is 3. The Balaban J connectivity index is 0.00000116. The van der Waals surface area contributed by atoms with Crippen molar-refractivity contribution in [1.29, 1.82) is 0 Å². The van der Waals surface area contributed by atoms with Gasteiger partial charge in [-0.3, -0.25) is 4.98 Å². The van der Waals surface area contributed by atoms with E-state index in [4.69, 9.17) is 9.72 Å². The zero-order valence-electron chi connectivity index (χ0n) is 14.6. The quantitative estimate of drug-likeness (QED) is 0.781. The van der Waals surface area contributed by atoms with Crippen LogP contribution in [0.2, 0.25) is 0 Å². The van der Waals surface area contributed by atoms with E-state index < -0.39 is 0 Å². The van der Waals surface area contributed by atoms with Crippen LogP contribution in [-0.4, -0.2) is 50.3 Å². The summed E-state index contributed by atoms with van der Waals surface area (Å²) in [7, 11) is 4.20. The minimum absolute atomic E-state index is 0.523. The molecule has 1 aliphatic rings. The molecule has 1 aromatic rings. The van der Waals surface area contributed by atoms with E-state index in [2.05, 4.69) is 63.0 Å². The summed E-state index contributed by atoms with van der Waals surface area (Å²) in [6.45, 7) is 14.9. The minimum atomic E-state index is 0.523. The van der Waals surface area contributed by atoms with Gasteiger partial charge in [0.2, 0.25) is 0 Å². The van der Waals surface area contributed by atoms with Gasteiger partial charge < -0.3 is 14.5 Å². The van der Waals surface area contributed by atoms with Crippen molar-refractivity contribution in [3.63, 3.8) is 0 Å². The third kappa shape index (κ3) is 5.11. The van der Waals surface area contributed by atoms with Crippen molar-refractivity contribution in [1.82, 2.24) is 9.88 Å². The second-order valence-electron chi connectivity index (χ2n) is 5.85. The zero-order chi connectivity index (χ0) is 16.5. The molecular formula is C18H31N3O. The van der Waals surface area contributed by atoms with Gasteiger partial charge in [-0.15, -0.1) is 13.2 Å². The molecule has 4 heteroatoms. The molecule has 2 heterocycles. The largest absolute Gasteiger partial charge is 0.378 e. The minimum Gasteiger partial charge on any atom is -0.378 e. The molecule has 0 bridgehead atoms. The van der Waals surface area contributed by atoms with E-state index in [1.54, 1.807) is 0 Å². The lowest BCUT2D eigenvalue weighted by molar-refractivity contribution is 0.122. The molecule has 1 atom stereocenters. The first-order valence-corrected chi connectivity index (χ1v) is 8.09. The van der Waals surface area contributed by atoms with E-state index >= 15 is 0 Å². The summed E-state index contributed by atoms with van der Waals surface area (Å²) in [4.78, 5) is 9.52. The molecule has 0 saturated carbocycles. The molecule has 1 aliphatic heterocycles. The standard InChI is InChI=1S/C16H27N3O.C2H4/c1-5-13(2)14-6-7-16(15(17-14)12-18(3)4)19-8-10-20-11-9-19;1-2/h6-7,13H,5,8-12H2,1-4H3;1-2H2. The number of anilines is 1. The summed E-state index contributed by atoms with van der Waals surface area (Å²) in [5.41, 5.74) is 3.67. The topological polar surface area (TPSA) is 28.6 Å². The van der Waals surface area contributed by atoms with Crippen molar-refractivity contribution < 1.29 is 4.74 Å². The van der Waals surface area contributed by atoms with E-state index in [0.717, 1.165) is 39.3 Å². The first-order valence-electron chi connectivity index (χ1n) is 8.09. The van der Waals surface area contributed by atoms with E-state index in [1.807, 2.05) is 0 Å². The molecule has 124 valence electrons. The summed E-state index contributed by atoms with van der Waals surface area (Å²) < 4.78 is 5.45. The molecule has 0 amide bonds. The van der Waals surface area contributed by atoms with Crippen molar-refractivity contribution >= 4 is 5.69 Å². The summed E-state index contributed by atoms with van der Waals surface area (Å²) in [5, 5.41) is 0. The smallest absolute Gasteiger partial charge is 0.0780 e. The van der Waals surface area contributed by atoms with Gasteiger partial charge in [0, 0.05) is 25.3 Å². The SMILES string of the molecule is C=C.CCC(C)c1ccc(N2CCOCC2)c(CN(C)C)n1. The van der Waals surface area contributed by atoms with Gasteiger partial charge in [0.05, 0.1) is 24.6 Å². The molecule has 1 aromatic heterocycles. The maximum Gasteiger partial charge on any atom is 0.0780 e. The Hall–Kier alpha value is -1.39. The van der Waals surface area contributed by atoms with Crippen LogP contribution in [0.3, 0.4) is 0 Å². The van der Waals surface area contributed by atoms with Crippen molar-refractivity contribution in [3.05, 3.63) is 36.7 Å². The van der Waals surface area contributed by atoms with Crippen molar-refractivity contribution in [2.75, 3.05) is 45.3 Å². The van der Waals surface area contributed by atoms with Crippen molar-refractivity contribution in [2.45, 2.75) is 32.7 Å². The number of pyridine rings is 1. The average molecular weight is 305 g/mol. The maximum absolute atomic E-state index is 5.45. The third-order valence-electron chi connectivity index (χ3n) is 3.91. The predicted octanol–water partition coefficient (Wildman–Crippen LogP) is 3.30. The normalized spacial score (nSPS) is 16.1. The van der Waals surface area contributed by atoms with E-state index in [0.29, 0.717) is 5.92 Å². The number of hydrogen-bond acceptors (Lipinski definition) is 4. The fraction of sp³-hybridized carbons (Fsp3) is 0.611. The van der Waals surface area contributed by atoms with Crippen LogP contribution < -0.4 is 4.90 Å². The van der Waals surface area contributed by atoms with Gasteiger partial charge in [0.15, 0.2) is 0 Å². The average Bonchev–Trinajstić information content (AvgIpc) is 2.56. The first kappa shape index (κ1) is 18.7. The molecule has 0 radical (unpaired) electrons. The summed E-state index contributed by atoms with van der Waals surface area (Å²) in [5.74, 6) is 0.523. The van der Waals surface area contributed by atoms with Crippen LogP contribution in [0.25, 0.3) is 0 Å². The maximum atomic E-state index is 5.45. The highest BCUT2D eigenvalue weighted by Crippen LogP contribution is 2.25. The summed E-state index contributed by atoms with van der Waals surface area (Å²) in [6, 6.07) is 4.44. The van der Waals surface area contributed by atoms with E-state index in [-0.39, 0.29) is 0 Å². The molecule has 0 aliphatic carbocycles. The highest BCUT2D eigenvalue weighted by atomic mass is 16.5. The fourth-order valence-electron chi connectivity index (χ4n) is 2.50. The van der Waals surface area contributed by atoms with Gasteiger partial charge in [-0.25, -0.2) is 0 Å². The third-order valence-corrected chi connectivity index (χ3v) is 3.91. The zero-order valence-corrected chi connectivity index (χ0v) is 14.6. The number of hydrogen-bond donors (Lipinski definition) is 0. The Labute approximate surface area is 135 Å².